The standard InChI is InChI=1S/C13H20N2/c1-10-9-11(14)7-8-13(10)15-12-5-3-2-4-6-12/h7-9,12,15H,2-6,14H2,1H3. The molecular formula is C13H20N2. The van der Waals surface area contributed by atoms with Gasteiger partial charge in [0.15, 0.2) is 0 Å². The molecule has 0 heterocycles. The lowest BCUT2D eigenvalue weighted by atomic mass is 9.95. The van der Waals surface area contributed by atoms with Crippen LogP contribution in [0.2, 0.25) is 0 Å². The Kier molecular flexibility index (Phi) is 3.14. The molecule has 1 saturated carbocycles. The van der Waals surface area contributed by atoms with Crippen molar-refractivity contribution in [2.75, 3.05) is 11.1 Å². The van der Waals surface area contributed by atoms with Gasteiger partial charge in [-0.25, -0.2) is 0 Å². The van der Waals surface area contributed by atoms with Crippen LogP contribution in [0.4, 0.5) is 11.4 Å². The molecule has 0 aliphatic heterocycles. The molecule has 0 saturated heterocycles. The molecule has 2 rings (SSSR count). The smallest absolute Gasteiger partial charge is 0.0373 e. The van der Waals surface area contributed by atoms with Crippen molar-refractivity contribution in [3.05, 3.63) is 23.8 Å². The van der Waals surface area contributed by atoms with Crippen LogP contribution in [0.5, 0.6) is 0 Å². The lowest BCUT2D eigenvalue weighted by Gasteiger charge is -2.24. The fourth-order valence-corrected chi connectivity index (χ4v) is 2.32. The minimum absolute atomic E-state index is 0.668. The van der Waals surface area contributed by atoms with Crippen molar-refractivity contribution in [3.63, 3.8) is 0 Å². The third-order valence-corrected chi connectivity index (χ3v) is 3.22. The van der Waals surface area contributed by atoms with E-state index < -0.39 is 0 Å². The molecule has 15 heavy (non-hydrogen) atoms. The van der Waals surface area contributed by atoms with Crippen molar-refractivity contribution in [1.82, 2.24) is 0 Å². The summed E-state index contributed by atoms with van der Waals surface area (Å²) in [7, 11) is 0. The molecule has 1 fully saturated rings. The maximum atomic E-state index is 5.73. The second kappa shape index (κ2) is 4.56. The first-order valence-corrected chi connectivity index (χ1v) is 5.88. The fourth-order valence-electron chi connectivity index (χ4n) is 2.32. The van der Waals surface area contributed by atoms with Crippen LogP contribution in [-0.2, 0) is 0 Å². The predicted octanol–water partition coefficient (Wildman–Crippen LogP) is 3.32. The first-order chi connectivity index (χ1) is 7.25. The summed E-state index contributed by atoms with van der Waals surface area (Å²) in [5.74, 6) is 0. The van der Waals surface area contributed by atoms with E-state index in [2.05, 4.69) is 18.3 Å². The Morgan fingerprint density at radius 3 is 2.60 bits per heavy atom. The molecule has 0 radical (unpaired) electrons. The fraction of sp³-hybridized carbons (Fsp3) is 0.538. The van der Waals surface area contributed by atoms with Gasteiger partial charge in [0.05, 0.1) is 0 Å². The Bertz CT molecular complexity index is 327. The molecule has 0 atom stereocenters. The molecule has 0 unspecified atom stereocenters. The third-order valence-electron chi connectivity index (χ3n) is 3.22. The first-order valence-electron chi connectivity index (χ1n) is 5.88. The van der Waals surface area contributed by atoms with Gasteiger partial charge in [-0.05, 0) is 43.5 Å². The van der Waals surface area contributed by atoms with Gasteiger partial charge in [-0.3, -0.25) is 0 Å². The summed E-state index contributed by atoms with van der Waals surface area (Å²) in [5, 5.41) is 3.62. The van der Waals surface area contributed by atoms with Crippen molar-refractivity contribution in [2.45, 2.75) is 45.1 Å². The molecule has 0 aromatic heterocycles. The third kappa shape index (κ3) is 2.65. The van der Waals surface area contributed by atoms with Crippen molar-refractivity contribution in [2.24, 2.45) is 0 Å². The minimum atomic E-state index is 0.668. The van der Waals surface area contributed by atoms with Crippen LogP contribution in [0.15, 0.2) is 18.2 Å². The van der Waals surface area contributed by atoms with E-state index in [1.54, 1.807) is 0 Å². The van der Waals surface area contributed by atoms with E-state index in [4.69, 9.17) is 5.73 Å². The van der Waals surface area contributed by atoms with Crippen LogP contribution >= 0.6 is 0 Å². The minimum Gasteiger partial charge on any atom is -0.399 e. The van der Waals surface area contributed by atoms with E-state index in [-0.39, 0.29) is 0 Å². The summed E-state index contributed by atoms with van der Waals surface area (Å²) in [6.45, 7) is 2.11. The van der Waals surface area contributed by atoms with E-state index >= 15 is 0 Å². The van der Waals surface area contributed by atoms with Crippen LogP contribution < -0.4 is 11.1 Å². The van der Waals surface area contributed by atoms with Crippen LogP contribution in [0.25, 0.3) is 0 Å². The van der Waals surface area contributed by atoms with Crippen molar-refractivity contribution >= 4 is 11.4 Å². The number of hydrogen-bond donors (Lipinski definition) is 2. The number of hydrogen-bond acceptors (Lipinski definition) is 2. The highest BCUT2D eigenvalue weighted by Gasteiger charge is 2.13. The average Bonchev–Trinajstić information content (AvgIpc) is 2.24. The molecule has 1 aliphatic rings. The molecule has 2 nitrogen and oxygen atoms in total. The van der Waals surface area contributed by atoms with Crippen LogP contribution in [-0.4, -0.2) is 6.04 Å². The van der Waals surface area contributed by atoms with Gasteiger partial charge in [0, 0.05) is 17.4 Å². The van der Waals surface area contributed by atoms with E-state index in [9.17, 15) is 0 Å². The summed E-state index contributed by atoms with van der Waals surface area (Å²) in [6, 6.07) is 6.77. The van der Waals surface area contributed by atoms with Gasteiger partial charge in [-0.2, -0.15) is 0 Å². The van der Waals surface area contributed by atoms with Gasteiger partial charge in [-0.15, -0.1) is 0 Å². The van der Waals surface area contributed by atoms with E-state index in [1.807, 2.05) is 12.1 Å². The van der Waals surface area contributed by atoms with Gasteiger partial charge in [-0.1, -0.05) is 19.3 Å². The van der Waals surface area contributed by atoms with Crippen molar-refractivity contribution < 1.29 is 0 Å². The molecule has 0 spiro atoms. The quantitative estimate of drug-likeness (QED) is 0.725. The SMILES string of the molecule is Cc1cc(N)ccc1NC1CCCCC1. The lowest BCUT2D eigenvalue weighted by Crippen LogP contribution is -2.22. The Morgan fingerprint density at radius 1 is 1.20 bits per heavy atom. The molecule has 82 valence electrons. The molecule has 3 N–H and O–H groups in total. The summed E-state index contributed by atoms with van der Waals surface area (Å²) >= 11 is 0. The molecule has 1 aromatic rings. The summed E-state index contributed by atoms with van der Waals surface area (Å²) in [4.78, 5) is 0. The number of nitrogens with one attached hydrogen (secondary N) is 1. The molecule has 0 amide bonds. The molecular weight excluding hydrogens is 184 g/mol. The Labute approximate surface area is 91.9 Å². The Hall–Kier alpha value is -1.18. The molecule has 1 aromatic carbocycles. The van der Waals surface area contributed by atoms with Crippen LogP contribution in [0.3, 0.4) is 0 Å². The van der Waals surface area contributed by atoms with E-state index in [0.717, 1.165) is 5.69 Å². The summed E-state index contributed by atoms with van der Waals surface area (Å²) in [6.07, 6.45) is 6.75. The molecule has 2 heteroatoms. The van der Waals surface area contributed by atoms with Gasteiger partial charge >= 0.3 is 0 Å². The van der Waals surface area contributed by atoms with Gasteiger partial charge in [0.25, 0.3) is 0 Å². The zero-order valence-electron chi connectivity index (χ0n) is 9.42. The van der Waals surface area contributed by atoms with Crippen molar-refractivity contribution in [1.29, 1.82) is 0 Å². The zero-order chi connectivity index (χ0) is 10.7. The number of nitrogens with two attached hydrogens (primary N) is 1. The summed E-state index contributed by atoms with van der Waals surface area (Å²) in [5.41, 5.74) is 9.08. The Balaban J connectivity index is 2.03. The van der Waals surface area contributed by atoms with E-state index in [1.165, 1.54) is 43.4 Å². The zero-order valence-corrected chi connectivity index (χ0v) is 9.42. The predicted molar refractivity (Wildman–Crippen MR) is 66.1 cm³/mol. The maximum Gasteiger partial charge on any atom is 0.0373 e. The summed E-state index contributed by atoms with van der Waals surface area (Å²) < 4.78 is 0. The number of nitrogen functional groups attached to an aromatic ring is 1. The second-order valence-electron chi connectivity index (χ2n) is 4.55. The number of benzene rings is 1. The Morgan fingerprint density at radius 2 is 1.93 bits per heavy atom. The maximum absolute atomic E-state index is 5.73. The first kappa shape index (κ1) is 10.3. The highest BCUT2D eigenvalue weighted by molar-refractivity contribution is 5.57. The molecule has 0 bridgehead atoms. The van der Waals surface area contributed by atoms with Gasteiger partial charge in [0.1, 0.15) is 0 Å². The lowest BCUT2D eigenvalue weighted by molar-refractivity contribution is 0.462. The number of aryl methyl sites for hydroxylation is 1. The largest absolute Gasteiger partial charge is 0.399 e. The normalized spacial score (nSPS) is 17.7. The topological polar surface area (TPSA) is 38.0 Å². The molecule has 1 aliphatic carbocycles. The average molecular weight is 204 g/mol. The highest BCUT2D eigenvalue weighted by Crippen LogP contribution is 2.24. The number of anilines is 2. The monoisotopic (exact) mass is 204 g/mol. The van der Waals surface area contributed by atoms with Crippen LogP contribution in [0.1, 0.15) is 37.7 Å². The number of rotatable bonds is 2. The highest BCUT2D eigenvalue weighted by atomic mass is 14.9. The second-order valence-corrected chi connectivity index (χ2v) is 4.55. The van der Waals surface area contributed by atoms with Gasteiger partial charge in [0.2, 0.25) is 0 Å². The van der Waals surface area contributed by atoms with Crippen LogP contribution in [0, 0.1) is 6.92 Å². The van der Waals surface area contributed by atoms with Gasteiger partial charge < -0.3 is 11.1 Å². The van der Waals surface area contributed by atoms with Crippen molar-refractivity contribution in [3.8, 4) is 0 Å². The van der Waals surface area contributed by atoms with E-state index in [0.29, 0.717) is 6.04 Å².